The lowest BCUT2D eigenvalue weighted by atomic mass is 9.88. The van der Waals surface area contributed by atoms with Gasteiger partial charge < -0.3 is 4.74 Å². The van der Waals surface area contributed by atoms with Gasteiger partial charge in [-0.3, -0.25) is 9.59 Å². The first kappa shape index (κ1) is 20.8. The van der Waals surface area contributed by atoms with Gasteiger partial charge in [0.25, 0.3) is 0 Å². The van der Waals surface area contributed by atoms with Gasteiger partial charge in [-0.2, -0.15) is 0 Å². The first-order valence-corrected chi connectivity index (χ1v) is 9.94. The van der Waals surface area contributed by atoms with E-state index in [0.717, 1.165) is 16.7 Å². The third-order valence-electron chi connectivity index (χ3n) is 4.81. The van der Waals surface area contributed by atoms with Crippen LogP contribution < -0.4 is 0 Å². The molecule has 0 saturated carbocycles. The normalized spacial score (nSPS) is 11.9. The number of halogens is 1. The third kappa shape index (κ3) is 5.33. The molecule has 3 aromatic carbocycles. The molecular formula is C25H23ClO3. The Morgan fingerprint density at radius 2 is 1.41 bits per heavy atom. The van der Waals surface area contributed by atoms with E-state index >= 15 is 0 Å². The van der Waals surface area contributed by atoms with Gasteiger partial charge in [0.15, 0.2) is 12.4 Å². The highest BCUT2D eigenvalue weighted by molar-refractivity contribution is 6.30. The summed E-state index contributed by atoms with van der Waals surface area (Å²) in [6, 6.07) is 24.4. The van der Waals surface area contributed by atoms with Crippen LogP contribution in [0.1, 0.15) is 35.7 Å². The second-order valence-electron chi connectivity index (χ2n) is 7.25. The minimum absolute atomic E-state index is 0.0314. The van der Waals surface area contributed by atoms with E-state index in [4.69, 9.17) is 16.3 Å². The zero-order valence-electron chi connectivity index (χ0n) is 16.5. The first-order valence-electron chi connectivity index (χ1n) is 9.56. The average Bonchev–Trinajstić information content (AvgIpc) is 2.74. The van der Waals surface area contributed by atoms with Gasteiger partial charge in [-0.05, 0) is 34.7 Å². The molecule has 0 aliphatic carbocycles. The second-order valence-corrected chi connectivity index (χ2v) is 7.68. The lowest BCUT2D eigenvalue weighted by Gasteiger charge is -2.19. The molecule has 0 aromatic heterocycles. The number of ether oxygens (including phenoxy) is 1. The Kier molecular flexibility index (Phi) is 6.84. The van der Waals surface area contributed by atoms with Gasteiger partial charge in [0.05, 0.1) is 5.92 Å². The highest BCUT2D eigenvalue weighted by Gasteiger charge is 2.26. The lowest BCUT2D eigenvalue weighted by molar-refractivity contribution is -0.145. The molecule has 3 rings (SSSR count). The molecule has 4 heteroatoms. The number of hydrogen-bond acceptors (Lipinski definition) is 3. The molecule has 0 aliphatic rings. The van der Waals surface area contributed by atoms with Crippen LogP contribution >= 0.6 is 11.6 Å². The largest absolute Gasteiger partial charge is 0.457 e. The van der Waals surface area contributed by atoms with Crippen molar-refractivity contribution in [3.63, 3.8) is 0 Å². The molecule has 0 heterocycles. The summed E-state index contributed by atoms with van der Waals surface area (Å²) in [4.78, 5) is 25.1. The van der Waals surface area contributed by atoms with Crippen LogP contribution in [0.2, 0.25) is 5.02 Å². The molecule has 0 N–H and O–H groups in total. The number of carbonyl (C=O) groups is 2. The number of rotatable bonds is 7. The minimum atomic E-state index is -0.444. The van der Waals surface area contributed by atoms with Gasteiger partial charge in [0, 0.05) is 10.6 Å². The van der Waals surface area contributed by atoms with E-state index < -0.39 is 11.9 Å². The zero-order chi connectivity index (χ0) is 20.8. The Bertz CT molecular complexity index is 961. The maximum absolute atomic E-state index is 12.6. The van der Waals surface area contributed by atoms with Crippen LogP contribution in [0.3, 0.4) is 0 Å². The van der Waals surface area contributed by atoms with E-state index in [0.29, 0.717) is 10.6 Å². The molecule has 0 amide bonds. The van der Waals surface area contributed by atoms with Crippen LogP contribution in [-0.4, -0.2) is 18.4 Å². The van der Waals surface area contributed by atoms with Crippen molar-refractivity contribution in [3.8, 4) is 11.1 Å². The summed E-state index contributed by atoms with van der Waals surface area (Å²) in [5, 5.41) is 0.610. The Balaban J connectivity index is 1.64. The average molecular weight is 407 g/mol. The van der Waals surface area contributed by atoms with Crippen LogP contribution in [-0.2, 0) is 9.53 Å². The van der Waals surface area contributed by atoms with Crippen molar-refractivity contribution in [1.29, 1.82) is 0 Å². The zero-order valence-corrected chi connectivity index (χ0v) is 17.2. The number of benzene rings is 3. The molecule has 148 valence electrons. The van der Waals surface area contributed by atoms with Crippen molar-refractivity contribution < 1.29 is 14.3 Å². The predicted molar refractivity (Wildman–Crippen MR) is 116 cm³/mol. The van der Waals surface area contributed by atoms with Gasteiger partial charge in [0.2, 0.25) is 0 Å². The third-order valence-corrected chi connectivity index (χ3v) is 5.06. The number of hydrogen-bond donors (Lipinski definition) is 0. The number of esters is 1. The van der Waals surface area contributed by atoms with Crippen molar-refractivity contribution in [2.45, 2.75) is 19.8 Å². The standard InChI is InChI=1S/C25H23ClO3/c1-17(2)24(21-12-14-22(26)15-13-21)25(28)29-16-23(27)20-10-8-19(9-11-20)18-6-4-3-5-7-18/h3-15,17,24H,16H2,1-2H3/t24-/m1/s1. The lowest BCUT2D eigenvalue weighted by Crippen LogP contribution is -2.23. The maximum atomic E-state index is 12.6. The summed E-state index contributed by atoms with van der Waals surface area (Å²) in [6.45, 7) is 3.62. The van der Waals surface area contributed by atoms with Crippen molar-refractivity contribution in [1.82, 2.24) is 0 Å². The van der Waals surface area contributed by atoms with E-state index in [-0.39, 0.29) is 18.3 Å². The molecule has 29 heavy (non-hydrogen) atoms. The molecule has 1 atom stereocenters. The molecule has 3 aromatic rings. The summed E-state index contributed by atoms with van der Waals surface area (Å²) in [6.07, 6.45) is 0. The van der Waals surface area contributed by atoms with E-state index in [1.165, 1.54) is 0 Å². The maximum Gasteiger partial charge on any atom is 0.314 e. The number of carbonyl (C=O) groups excluding carboxylic acids is 2. The summed E-state index contributed by atoms with van der Waals surface area (Å²) in [5.74, 6) is -1.04. The number of ketones is 1. The van der Waals surface area contributed by atoms with Gasteiger partial charge in [-0.25, -0.2) is 0 Å². The Morgan fingerprint density at radius 3 is 2.00 bits per heavy atom. The van der Waals surface area contributed by atoms with Crippen LogP contribution in [0.5, 0.6) is 0 Å². The van der Waals surface area contributed by atoms with E-state index in [9.17, 15) is 9.59 Å². The van der Waals surface area contributed by atoms with E-state index in [1.54, 1.807) is 24.3 Å². The molecule has 3 nitrogen and oxygen atoms in total. The molecule has 0 unspecified atom stereocenters. The van der Waals surface area contributed by atoms with Gasteiger partial charge in [-0.1, -0.05) is 92.2 Å². The summed E-state index contributed by atoms with van der Waals surface area (Å²) >= 11 is 5.94. The fourth-order valence-electron chi connectivity index (χ4n) is 3.25. The van der Waals surface area contributed by atoms with Crippen molar-refractivity contribution in [3.05, 3.63) is 95.0 Å². The molecular weight excluding hydrogens is 384 g/mol. The smallest absolute Gasteiger partial charge is 0.314 e. The highest BCUT2D eigenvalue weighted by Crippen LogP contribution is 2.27. The van der Waals surface area contributed by atoms with Crippen molar-refractivity contribution >= 4 is 23.4 Å². The molecule has 0 radical (unpaired) electrons. The SMILES string of the molecule is CC(C)[C@@H](C(=O)OCC(=O)c1ccc(-c2ccccc2)cc1)c1ccc(Cl)cc1. The molecule has 0 fully saturated rings. The second kappa shape index (κ2) is 9.53. The molecule has 0 aliphatic heterocycles. The summed E-state index contributed by atoms with van der Waals surface area (Å²) in [5.41, 5.74) is 3.46. The number of Topliss-reactive ketones (excluding diaryl/α,β-unsaturated/α-hetero) is 1. The summed E-state index contributed by atoms with van der Waals surface area (Å²) in [7, 11) is 0. The van der Waals surface area contributed by atoms with Gasteiger partial charge >= 0.3 is 5.97 Å². The fourth-order valence-corrected chi connectivity index (χ4v) is 3.38. The Labute approximate surface area is 176 Å². The van der Waals surface area contributed by atoms with E-state index in [2.05, 4.69) is 0 Å². The molecule has 0 bridgehead atoms. The fraction of sp³-hybridized carbons (Fsp3) is 0.200. The van der Waals surface area contributed by atoms with Gasteiger partial charge in [0.1, 0.15) is 0 Å². The van der Waals surface area contributed by atoms with Crippen LogP contribution in [0.25, 0.3) is 11.1 Å². The first-order chi connectivity index (χ1) is 14.0. The van der Waals surface area contributed by atoms with E-state index in [1.807, 2.05) is 68.4 Å². The van der Waals surface area contributed by atoms with Crippen molar-refractivity contribution in [2.24, 2.45) is 5.92 Å². The topological polar surface area (TPSA) is 43.4 Å². The van der Waals surface area contributed by atoms with Crippen molar-refractivity contribution in [2.75, 3.05) is 6.61 Å². The van der Waals surface area contributed by atoms with Crippen LogP contribution in [0, 0.1) is 5.92 Å². The monoisotopic (exact) mass is 406 g/mol. The summed E-state index contributed by atoms with van der Waals surface area (Å²) < 4.78 is 5.36. The Morgan fingerprint density at radius 1 is 0.828 bits per heavy atom. The predicted octanol–water partition coefficient (Wildman–Crippen LogP) is 6.17. The van der Waals surface area contributed by atoms with Crippen LogP contribution in [0.4, 0.5) is 0 Å². The Hall–Kier alpha value is -2.91. The molecule has 0 spiro atoms. The minimum Gasteiger partial charge on any atom is -0.457 e. The molecule has 0 saturated heterocycles. The van der Waals surface area contributed by atoms with Gasteiger partial charge in [-0.15, -0.1) is 0 Å². The highest BCUT2D eigenvalue weighted by atomic mass is 35.5. The quantitative estimate of drug-likeness (QED) is 0.348. The van der Waals surface area contributed by atoms with Crippen LogP contribution in [0.15, 0.2) is 78.9 Å².